The Morgan fingerprint density at radius 3 is 2.90 bits per heavy atom. The first-order valence-corrected chi connectivity index (χ1v) is 10.6. The predicted octanol–water partition coefficient (Wildman–Crippen LogP) is 3.47. The number of hydrogen-bond donors (Lipinski definition) is 2. The Labute approximate surface area is 180 Å². The van der Waals surface area contributed by atoms with E-state index in [1.807, 2.05) is 0 Å². The zero-order valence-electron chi connectivity index (χ0n) is 17.1. The Hall–Kier alpha value is -3.11. The number of thiazole rings is 1. The van der Waals surface area contributed by atoms with Crippen LogP contribution in [0.5, 0.6) is 0 Å². The number of aromatic amines is 1. The summed E-state index contributed by atoms with van der Waals surface area (Å²) in [6.45, 7) is 5.15. The normalized spacial score (nSPS) is 16.7. The number of oxazole rings is 1. The highest BCUT2D eigenvalue weighted by Crippen LogP contribution is 2.39. The summed E-state index contributed by atoms with van der Waals surface area (Å²) in [7, 11) is 0. The third kappa shape index (κ3) is 3.22. The third-order valence-electron chi connectivity index (χ3n) is 5.32. The van der Waals surface area contributed by atoms with Crippen molar-refractivity contribution in [3.8, 4) is 0 Å². The van der Waals surface area contributed by atoms with Crippen LogP contribution >= 0.6 is 11.3 Å². The summed E-state index contributed by atoms with van der Waals surface area (Å²) in [6, 6.07) is 4.22. The lowest BCUT2D eigenvalue weighted by Crippen LogP contribution is -2.40. The van der Waals surface area contributed by atoms with Crippen LogP contribution in [0.4, 0.5) is 4.39 Å². The van der Waals surface area contributed by atoms with Crippen molar-refractivity contribution in [1.82, 2.24) is 24.8 Å². The molecule has 1 amide bonds. The number of nitrogens with zero attached hydrogens (tertiary/aromatic N) is 4. The number of halogens is 1. The predicted molar refractivity (Wildman–Crippen MR) is 111 cm³/mol. The van der Waals surface area contributed by atoms with Crippen molar-refractivity contribution in [3.05, 3.63) is 64.1 Å². The molecule has 8 nitrogen and oxygen atoms in total. The highest BCUT2D eigenvalue weighted by molar-refractivity contribution is 7.18. The molecule has 1 aromatic carbocycles. The van der Waals surface area contributed by atoms with Crippen LogP contribution in [0, 0.1) is 12.7 Å². The smallest absolute Gasteiger partial charge is 0.292 e. The van der Waals surface area contributed by atoms with Gasteiger partial charge in [0.2, 0.25) is 11.7 Å². The molecule has 5 rings (SSSR count). The van der Waals surface area contributed by atoms with Crippen molar-refractivity contribution in [2.75, 3.05) is 6.54 Å². The van der Waals surface area contributed by atoms with Crippen LogP contribution in [0.1, 0.15) is 58.4 Å². The summed E-state index contributed by atoms with van der Waals surface area (Å²) in [5, 5.41) is 10.8. The minimum absolute atomic E-state index is 0.0633. The van der Waals surface area contributed by atoms with Crippen molar-refractivity contribution < 1.29 is 18.7 Å². The van der Waals surface area contributed by atoms with Crippen LogP contribution in [0.15, 0.2) is 28.9 Å². The molecular weight excluding hydrogens is 421 g/mol. The first-order chi connectivity index (χ1) is 14.7. The number of rotatable bonds is 3. The van der Waals surface area contributed by atoms with E-state index in [0.29, 0.717) is 34.1 Å². The molecule has 1 aliphatic heterocycles. The molecule has 0 unspecified atom stereocenters. The molecular formula is C21H20FN5O3S. The first-order valence-electron chi connectivity index (χ1n) is 9.82. The number of fused-ring (bicyclic) bond motifs is 2. The number of amides is 1. The fraction of sp³-hybridized carbons (Fsp3) is 0.333. The van der Waals surface area contributed by atoms with Crippen LogP contribution in [0.3, 0.4) is 0 Å². The second-order valence-electron chi connectivity index (χ2n) is 8.05. The topological polar surface area (TPSA) is 108 Å². The minimum Gasteiger partial charge on any atom is -0.432 e. The lowest BCUT2D eigenvalue weighted by atomic mass is 10.0. The molecule has 1 atom stereocenters. The van der Waals surface area contributed by atoms with Crippen molar-refractivity contribution in [3.63, 3.8) is 0 Å². The number of para-hydroxylation sites is 1. The molecule has 4 heterocycles. The van der Waals surface area contributed by atoms with Gasteiger partial charge in [0, 0.05) is 18.7 Å². The van der Waals surface area contributed by atoms with Gasteiger partial charge < -0.3 is 19.4 Å². The number of aryl methyl sites for hydroxylation is 1. The molecule has 1 aliphatic rings. The summed E-state index contributed by atoms with van der Waals surface area (Å²) in [5.41, 5.74) is 0.950. The Morgan fingerprint density at radius 2 is 2.19 bits per heavy atom. The summed E-state index contributed by atoms with van der Waals surface area (Å²) in [6.07, 6.45) is 2.17. The van der Waals surface area contributed by atoms with Gasteiger partial charge in [-0.2, -0.15) is 0 Å². The molecule has 0 spiro atoms. The van der Waals surface area contributed by atoms with E-state index < -0.39 is 17.5 Å². The number of benzene rings is 1. The van der Waals surface area contributed by atoms with E-state index in [-0.39, 0.29) is 23.1 Å². The zero-order valence-corrected chi connectivity index (χ0v) is 18.0. The van der Waals surface area contributed by atoms with E-state index in [1.165, 1.54) is 17.4 Å². The van der Waals surface area contributed by atoms with Gasteiger partial charge in [-0.3, -0.25) is 4.79 Å². The quantitative estimate of drug-likeness (QED) is 0.504. The third-order valence-corrected chi connectivity index (χ3v) is 6.39. The van der Waals surface area contributed by atoms with Gasteiger partial charge in [-0.15, -0.1) is 11.3 Å². The summed E-state index contributed by atoms with van der Waals surface area (Å²) in [4.78, 5) is 31.5. The number of hydrogen-bond acceptors (Lipinski definition) is 7. The molecule has 160 valence electrons. The molecule has 0 saturated carbocycles. The average Bonchev–Trinajstić information content (AvgIpc) is 3.44. The molecule has 4 aromatic rings. The first kappa shape index (κ1) is 19.8. The lowest BCUT2D eigenvalue weighted by Gasteiger charge is -2.33. The molecule has 2 N–H and O–H groups in total. The molecule has 3 aromatic heterocycles. The fourth-order valence-corrected chi connectivity index (χ4v) is 4.88. The second kappa shape index (κ2) is 6.96. The van der Waals surface area contributed by atoms with Gasteiger partial charge in [0.1, 0.15) is 28.0 Å². The average molecular weight is 441 g/mol. The monoisotopic (exact) mass is 441 g/mol. The number of aliphatic hydroxyl groups is 1. The summed E-state index contributed by atoms with van der Waals surface area (Å²) >= 11 is 1.33. The van der Waals surface area contributed by atoms with E-state index in [1.54, 1.807) is 44.1 Å². The van der Waals surface area contributed by atoms with Gasteiger partial charge >= 0.3 is 0 Å². The maximum Gasteiger partial charge on any atom is 0.292 e. The lowest BCUT2D eigenvalue weighted by molar-refractivity contribution is 0.0441. The number of imidazole rings is 1. The molecule has 10 heteroatoms. The Bertz CT molecular complexity index is 1300. The Kier molecular flexibility index (Phi) is 4.45. The van der Waals surface area contributed by atoms with Gasteiger partial charge in [0.15, 0.2) is 0 Å². The number of nitrogens with one attached hydrogen (secondary N) is 1. The zero-order chi connectivity index (χ0) is 21.9. The molecule has 0 bridgehead atoms. The second-order valence-corrected chi connectivity index (χ2v) is 9.11. The van der Waals surface area contributed by atoms with Gasteiger partial charge in [-0.25, -0.2) is 19.3 Å². The minimum atomic E-state index is -1.31. The van der Waals surface area contributed by atoms with Gasteiger partial charge in [0.25, 0.3) is 5.91 Å². The number of H-pyrrole nitrogens is 1. The molecule has 31 heavy (non-hydrogen) atoms. The van der Waals surface area contributed by atoms with Crippen LogP contribution in [-0.2, 0) is 12.0 Å². The van der Waals surface area contributed by atoms with E-state index in [2.05, 4.69) is 19.9 Å². The molecule has 0 fully saturated rings. The van der Waals surface area contributed by atoms with Gasteiger partial charge in [-0.05, 0) is 32.9 Å². The van der Waals surface area contributed by atoms with Gasteiger partial charge in [-0.1, -0.05) is 6.07 Å². The van der Waals surface area contributed by atoms with Crippen molar-refractivity contribution >= 4 is 27.5 Å². The van der Waals surface area contributed by atoms with Crippen LogP contribution in [0.25, 0.3) is 10.2 Å². The standard InChI is InChI=1S/C21H20FN5O3S/c1-10-17(30-20(25-10)21(2,3)29)19(28)27-8-7-12-15(24-9-23-12)16(27)18-26-14-11(22)5-4-6-13(14)31-18/h4-6,9,16,29H,7-8H2,1-3H3,(H,23,24)/t16-/m0/s1. The van der Waals surface area contributed by atoms with E-state index in [4.69, 9.17) is 4.42 Å². The van der Waals surface area contributed by atoms with E-state index >= 15 is 0 Å². The molecule has 0 aliphatic carbocycles. The maximum atomic E-state index is 14.3. The number of carbonyl (C=O) groups is 1. The van der Waals surface area contributed by atoms with E-state index in [9.17, 15) is 14.3 Å². The molecule has 0 radical (unpaired) electrons. The van der Waals surface area contributed by atoms with Crippen LogP contribution in [0.2, 0.25) is 0 Å². The summed E-state index contributed by atoms with van der Waals surface area (Å²) < 4.78 is 20.7. The van der Waals surface area contributed by atoms with Crippen molar-refractivity contribution in [1.29, 1.82) is 0 Å². The Balaban J connectivity index is 1.61. The Morgan fingerprint density at radius 1 is 1.39 bits per heavy atom. The highest BCUT2D eigenvalue weighted by Gasteiger charge is 2.39. The molecule has 0 saturated heterocycles. The number of carbonyl (C=O) groups excluding carboxylic acids is 1. The van der Waals surface area contributed by atoms with E-state index in [0.717, 1.165) is 5.69 Å². The van der Waals surface area contributed by atoms with Gasteiger partial charge in [0.05, 0.1) is 22.4 Å². The van der Waals surface area contributed by atoms with Crippen molar-refractivity contribution in [2.24, 2.45) is 0 Å². The maximum absolute atomic E-state index is 14.3. The van der Waals surface area contributed by atoms with Crippen LogP contribution < -0.4 is 0 Å². The van der Waals surface area contributed by atoms with Crippen LogP contribution in [-0.4, -0.2) is 42.4 Å². The number of aromatic nitrogens is 4. The SMILES string of the molecule is Cc1nc(C(C)(C)O)oc1C(=O)N1CCc2[nH]cnc2[C@H]1c1nc2c(F)cccc2s1. The fourth-order valence-electron chi connectivity index (χ4n) is 3.78. The van der Waals surface area contributed by atoms with Crippen molar-refractivity contribution in [2.45, 2.75) is 38.8 Å². The highest BCUT2D eigenvalue weighted by atomic mass is 32.1. The summed E-state index contributed by atoms with van der Waals surface area (Å²) in [5.74, 6) is -0.645. The largest absolute Gasteiger partial charge is 0.432 e.